The Morgan fingerprint density at radius 1 is 1.25 bits per heavy atom. The average Bonchev–Trinajstić information content (AvgIpc) is 2.75. The van der Waals surface area contributed by atoms with Crippen LogP contribution >= 0.6 is 0 Å². The third kappa shape index (κ3) is 5.28. The van der Waals surface area contributed by atoms with E-state index in [9.17, 15) is 0 Å². The molecule has 96 valence electrons. The van der Waals surface area contributed by atoms with Crippen molar-refractivity contribution < 1.29 is 4.74 Å². The van der Waals surface area contributed by atoms with Crippen molar-refractivity contribution in [3.05, 3.63) is 0 Å². The Kier molecular flexibility index (Phi) is 7.01. The van der Waals surface area contributed by atoms with E-state index in [0.29, 0.717) is 12.0 Å². The molecule has 3 nitrogen and oxygen atoms in total. The van der Waals surface area contributed by atoms with E-state index in [2.05, 4.69) is 24.1 Å². The minimum Gasteiger partial charge on any atom is -0.385 e. The number of ether oxygens (including phenoxy) is 1. The average molecular weight is 228 g/mol. The largest absolute Gasteiger partial charge is 0.385 e. The highest BCUT2D eigenvalue weighted by Crippen LogP contribution is 2.08. The molecule has 0 aliphatic carbocycles. The molecule has 16 heavy (non-hydrogen) atoms. The number of nitrogens with one attached hydrogen (secondary N) is 1. The van der Waals surface area contributed by atoms with Gasteiger partial charge in [-0.05, 0) is 38.3 Å². The SMILES string of the molecule is COCCC(NCCN1CCCC1)C(C)C. The second-order valence-corrected chi connectivity index (χ2v) is 5.13. The number of rotatable bonds is 8. The Hall–Kier alpha value is -0.120. The molecule has 1 N–H and O–H groups in total. The van der Waals surface area contributed by atoms with Crippen molar-refractivity contribution in [2.45, 2.75) is 39.2 Å². The summed E-state index contributed by atoms with van der Waals surface area (Å²) in [5.74, 6) is 0.689. The van der Waals surface area contributed by atoms with Crippen molar-refractivity contribution in [2.24, 2.45) is 5.92 Å². The van der Waals surface area contributed by atoms with Gasteiger partial charge in [-0.2, -0.15) is 0 Å². The highest BCUT2D eigenvalue weighted by molar-refractivity contribution is 4.73. The zero-order chi connectivity index (χ0) is 11.8. The maximum atomic E-state index is 5.15. The first-order valence-corrected chi connectivity index (χ1v) is 6.68. The number of likely N-dealkylation sites (tertiary alicyclic amines) is 1. The summed E-state index contributed by atoms with van der Waals surface area (Å²) in [6, 6.07) is 0.600. The second kappa shape index (κ2) is 8.04. The number of nitrogens with zero attached hydrogens (tertiary/aromatic N) is 1. The molecule has 0 bridgehead atoms. The van der Waals surface area contributed by atoms with Crippen LogP contribution in [0.5, 0.6) is 0 Å². The summed E-state index contributed by atoms with van der Waals surface area (Å²) < 4.78 is 5.15. The third-order valence-electron chi connectivity index (χ3n) is 3.47. The van der Waals surface area contributed by atoms with Crippen LogP contribution in [0.3, 0.4) is 0 Å². The van der Waals surface area contributed by atoms with E-state index in [1.54, 1.807) is 7.11 Å². The lowest BCUT2D eigenvalue weighted by Crippen LogP contribution is -2.39. The van der Waals surface area contributed by atoms with Gasteiger partial charge in [0.25, 0.3) is 0 Å². The fourth-order valence-electron chi connectivity index (χ4n) is 2.33. The normalized spacial score (nSPS) is 19.5. The molecule has 1 fully saturated rings. The zero-order valence-corrected chi connectivity index (χ0v) is 11.2. The van der Waals surface area contributed by atoms with Crippen molar-refractivity contribution >= 4 is 0 Å². The first-order valence-electron chi connectivity index (χ1n) is 6.68. The third-order valence-corrected chi connectivity index (χ3v) is 3.47. The summed E-state index contributed by atoms with van der Waals surface area (Å²) in [5, 5.41) is 3.66. The molecule has 0 amide bonds. The van der Waals surface area contributed by atoms with Gasteiger partial charge in [-0.25, -0.2) is 0 Å². The summed E-state index contributed by atoms with van der Waals surface area (Å²) in [4.78, 5) is 2.56. The Bertz CT molecular complexity index is 167. The molecular weight excluding hydrogens is 200 g/mol. The van der Waals surface area contributed by atoms with E-state index >= 15 is 0 Å². The van der Waals surface area contributed by atoms with Gasteiger partial charge in [0, 0.05) is 32.8 Å². The molecular formula is C13H28N2O. The van der Waals surface area contributed by atoms with Gasteiger partial charge in [0.15, 0.2) is 0 Å². The van der Waals surface area contributed by atoms with Gasteiger partial charge in [0.1, 0.15) is 0 Å². The topological polar surface area (TPSA) is 24.5 Å². The highest BCUT2D eigenvalue weighted by Gasteiger charge is 2.14. The predicted octanol–water partition coefficient (Wildman–Crippen LogP) is 1.73. The van der Waals surface area contributed by atoms with E-state index in [4.69, 9.17) is 4.74 Å². The summed E-state index contributed by atoms with van der Waals surface area (Å²) in [6.07, 6.45) is 3.89. The minimum absolute atomic E-state index is 0.600. The number of methoxy groups -OCH3 is 1. The van der Waals surface area contributed by atoms with Gasteiger partial charge in [0.05, 0.1) is 0 Å². The van der Waals surface area contributed by atoms with Crippen molar-refractivity contribution in [3.63, 3.8) is 0 Å². The van der Waals surface area contributed by atoms with Crippen LogP contribution in [0, 0.1) is 5.92 Å². The number of hydrogen-bond acceptors (Lipinski definition) is 3. The first-order chi connectivity index (χ1) is 7.74. The maximum absolute atomic E-state index is 5.15. The summed E-state index contributed by atoms with van der Waals surface area (Å²) in [5.41, 5.74) is 0. The summed E-state index contributed by atoms with van der Waals surface area (Å²) >= 11 is 0. The first kappa shape index (κ1) is 13.9. The van der Waals surface area contributed by atoms with Crippen LogP contribution in [0.2, 0.25) is 0 Å². The lowest BCUT2D eigenvalue weighted by Gasteiger charge is -2.24. The van der Waals surface area contributed by atoms with Crippen LogP contribution < -0.4 is 5.32 Å². The fourth-order valence-corrected chi connectivity index (χ4v) is 2.33. The number of hydrogen-bond donors (Lipinski definition) is 1. The Balaban J connectivity index is 2.10. The molecule has 1 aliphatic rings. The van der Waals surface area contributed by atoms with Crippen LogP contribution in [0.1, 0.15) is 33.1 Å². The zero-order valence-electron chi connectivity index (χ0n) is 11.2. The molecule has 1 heterocycles. The lowest BCUT2D eigenvalue weighted by atomic mass is 10.0. The van der Waals surface area contributed by atoms with Crippen molar-refractivity contribution in [1.82, 2.24) is 10.2 Å². The Labute approximate surface area is 101 Å². The molecule has 0 aromatic heterocycles. The quantitative estimate of drug-likeness (QED) is 0.685. The molecule has 3 heteroatoms. The van der Waals surface area contributed by atoms with Crippen LogP contribution in [0.25, 0.3) is 0 Å². The Morgan fingerprint density at radius 2 is 1.94 bits per heavy atom. The minimum atomic E-state index is 0.600. The van der Waals surface area contributed by atoms with Gasteiger partial charge in [0.2, 0.25) is 0 Å². The maximum Gasteiger partial charge on any atom is 0.0477 e. The van der Waals surface area contributed by atoms with E-state index in [-0.39, 0.29) is 0 Å². The monoisotopic (exact) mass is 228 g/mol. The highest BCUT2D eigenvalue weighted by atomic mass is 16.5. The van der Waals surface area contributed by atoms with E-state index in [1.807, 2.05) is 0 Å². The van der Waals surface area contributed by atoms with Crippen LogP contribution in [0.15, 0.2) is 0 Å². The van der Waals surface area contributed by atoms with Crippen LogP contribution in [-0.4, -0.2) is 50.8 Å². The van der Waals surface area contributed by atoms with Gasteiger partial charge >= 0.3 is 0 Å². The van der Waals surface area contributed by atoms with E-state index < -0.39 is 0 Å². The predicted molar refractivity (Wildman–Crippen MR) is 68.8 cm³/mol. The molecule has 0 saturated carbocycles. The Morgan fingerprint density at radius 3 is 2.50 bits per heavy atom. The van der Waals surface area contributed by atoms with Crippen molar-refractivity contribution in [1.29, 1.82) is 0 Å². The standard InChI is InChI=1S/C13H28N2O/c1-12(2)13(6-11-16-3)14-7-10-15-8-4-5-9-15/h12-14H,4-11H2,1-3H3. The summed E-state index contributed by atoms with van der Waals surface area (Å²) in [7, 11) is 1.78. The second-order valence-electron chi connectivity index (χ2n) is 5.13. The molecule has 1 atom stereocenters. The lowest BCUT2D eigenvalue weighted by molar-refractivity contribution is 0.172. The fraction of sp³-hybridized carbons (Fsp3) is 1.00. The van der Waals surface area contributed by atoms with Gasteiger partial charge < -0.3 is 15.0 Å². The summed E-state index contributed by atoms with van der Waals surface area (Å²) in [6.45, 7) is 10.3. The molecule has 0 radical (unpaired) electrons. The van der Waals surface area contributed by atoms with Gasteiger partial charge in [-0.1, -0.05) is 13.8 Å². The molecule has 1 saturated heterocycles. The van der Waals surface area contributed by atoms with Crippen molar-refractivity contribution in [2.75, 3.05) is 39.9 Å². The molecule has 1 unspecified atom stereocenters. The molecule has 0 aromatic rings. The molecule has 0 spiro atoms. The molecule has 1 aliphatic heterocycles. The molecule has 0 aromatic carbocycles. The molecule has 1 rings (SSSR count). The van der Waals surface area contributed by atoms with Gasteiger partial charge in [-0.15, -0.1) is 0 Å². The van der Waals surface area contributed by atoms with Crippen LogP contribution in [0.4, 0.5) is 0 Å². The van der Waals surface area contributed by atoms with E-state index in [0.717, 1.165) is 19.6 Å². The van der Waals surface area contributed by atoms with Crippen molar-refractivity contribution in [3.8, 4) is 0 Å². The van der Waals surface area contributed by atoms with Crippen LogP contribution in [-0.2, 0) is 4.74 Å². The van der Waals surface area contributed by atoms with E-state index in [1.165, 1.54) is 32.5 Å². The van der Waals surface area contributed by atoms with Gasteiger partial charge in [-0.3, -0.25) is 0 Å². The smallest absolute Gasteiger partial charge is 0.0477 e.